The number of hydrogen-bond donors (Lipinski definition) is 3. The van der Waals surface area contributed by atoms with Crippen LogP contribution in [0.4, 0.5) is 0 Å². The van der Waals surface area contributed by atoms with E-state index in [9.17, 15) is 9.90 Å². The van der Waals surface area contributed by atoms with Crippen molar-refractivity contribution in [2.75, 3.05) is 6.54 Å². The maximum absolute atomic E-state index is 10.5. The molecular formula is C9H20N2O2. The number of amides is 1. The summed E-state index contributed by atoms with van der Waals surface area (Å²) in [6.45, 7) is 4.57. The first-order chi connectivity index (χ1) is 6.06. The SMILES string of the molecule is CCC(O)CCNC(C)CC(N)=O. The fraction of sp³-hybridized carbons (Fsp3) is 0.889. The van der Waals surface area contributed by atoms with E-state index in [0.717, 1.165) is 19.4 Å². The van der Waals surface area contributed by atoms with Crippen molar-refractivity contribution in [1.82, 2.24) is 5.32 Å². The van der Waals surface area contributed by atoms with Crippen molar-refractivity contribution < 1.29 is 9.90 Å². The summed E-state index contributed by atoms with van der Waals surface area (Å²) in [5.41, 5.74) is 5.02. The molecule has 0 fully saturated rings. The van der Waals surface area contributed by atoms with Gasteiger partial charge in [0.2, 0.25) is 5.91 Å². The Labute approximate surface area is 79.5 Å². The lowest BCUT2D eigenvalue weighted by Crippen LogP contribution is -2.32. The van der Waals surface area contributed by atoms with Gasteiger partial charge in [0.05, 0.1) is 6.10 Å². The number of aliphatic hydroxyl groups is 1. The zero-order valence-electron chi connectivity index (χ0n) is 8.42. The van der Waals surface area contributed by atoms with Crippen molar-refractivity contribution in [3.63, 3.8) is 0 Å². The van der Waals surface area contributed by atoms with Crippen LogP contribution >= 0.6 is 0 Å². The molecular weight excluding hydrogens is 168 g/mol. The largest absolute Gasteiger partial charge is 0.393 e. The van der Waals surface area contributed by atoms with Crippen molar-refractivity contribution in [3.05, 3.63) is 0 Å². The molecule has 4 heteroatoms. The standard InChI is InChI=1S/C9H20N2O2/c1-3-8(12)4-5-11-7(2)6-9(10)13/h7-8,11-12H,3-6H2,1-2H3,(H2,10,13). The van der Waals surface area contributed by atoms with Gasteiger partial charge in [0, 0.05) is 12.5 Å². The van der Waals surface area contributed by atoms with Gasteiger partial charge in [-0.15, -0.1) is 0 Å². The van der Waals surface area contributed by atoms with E-state index in [1.165, 1.54) is 0 Å². The molecule has 0 spiro atoms. The highest BCUT2D eigenvalue weighted by Crippen LogP contribution is 1.96. The Balaban J connectivity index is 3.36. The van der Waals surface area contributed by atoms with Crippen molar-refractivity contribution in [2.24, 2.45) is 5.73 Å². The third-order valence-electron chi connectivity index (χ3n) is 1.95. The Hall–Kier alpha value is -0.610. The minimum atomic E-state index is -0.295. The predicted molar refractivity (Wildman–Crippen MR) is 52.2 cm³/mol. The number of primary amides is 1. The molecule has 0 saturated carbocycles. The van der Waals surface area contributed by atoms with E-state index in [0.29, 0.717) is 6.42 Å². The van der Waals surface area contributed by atoms with Crippen LogP contribution < -0.4 is 11.1 Å². The first-order valence-corrected chi connectivity index (χ1v) is 4.76. The molecule has 0 rings (SSSR count). The van der Waals surface area contributed by atoms with E-state index in [4.69, 9.17) is 5.73 Å². The molecule has 2 atom stereocenters. The summed E-state index contributed by atoms with van der Waals surface area (Å²) < 4.78 is 0. The van der Waals surface area contributed by atoms with Gasteiger partial charge in [0.1, 0.15) is 0 Å². The van der Waals surface area contributed by atoms with E-state index < -0.39 is 0 Å². The molecule has 0 aromatic rings. The number of nitrogens with one attached hydrogen (secondary N) is 1. The summed E-state index contributed by atoms with van der Waals surface area (Å²) in [7, 11) is 0. The van der Waals surface area contributed by atoms with Gasteiger partial charge in [-0.25, -0.2) is 0 Å². The Morgan fingerprint density at radius 2 is 2.23 bits per heavy atom. The zero-order chi connectivity index (χ0) is 10.3. The van der Waals surface area contributed by atoms with Crippen LogP contribution in [0.1, 0.15) is 33.1 Å². The molecule has 1 amide bonds. The Morgan fingerprint density at radius 1 is 1.62 bits per heavy atom. The second-order valence-corrected chi connectivity index (χ2v) is 3.38. The normalized spacial score (nSPS) is 15.3. The minimum absolute atomic E-state index is 0.0987. The molecule has 0 heterocycles. The van der Waals surface area contributed by atoms with Crippen LogP contribution in [0.15, 0.2) is 0 Å². The van der Waals surface area contributed by atoms with Gasteiger partial charge in [-0.1, -0.05) is 6.92 Å². The first-order valence-electron chi connectivity index (χ1n) is 4.76. The lowest BCUT2D eigenvalue weighted by molar-refractivity contribution is -0.118. The number of hydrogen-bond acceptors (Lipinski definition) is 3. The zero-order valence-corrected chi connectivity index (χ0v) is 8.42. The van der Waals surface area contributed by atoms with Crippen LogP contribution in [0, 0.1) is 0 Å². The number of carbonyl (C=O) groups is 1. The molecule has 13 heavy (non-hydrogen) atoms. The molecule has 4 nitrogen and oxygen atoms in total. The molecule has 0 bridgehead atoms. The second kappa shape index (κ2) is 6.86. The first kappa shape index (κ1) is 12.4. The number of aliphatic hydroxyl groups excluding tert-OH is 1. The number of nitrogens with two attached hydrogens (primary N) is 1. The molecule has 0 aliphatic heterocycles. The Kier molecular flexibility index (Phi) is 6.54. The molecule has 0 aromatic carbocycles. The highest BCUT2D eigenvalue weighted by atomic mass is 16.3. The summed E-state index contributed by atoms with van der Waals surface area (Å²) in [5.74, 6) is -0.295. The third-order valence-corrected chi connectivity index (χ3v) is 1.95. The summed E-state index contributed by atoms with van der Waals surface area (Å²) in [6, 6.07) is 0.0987. The van der Waals surface area contributed by atoms with E-state index in [1.54, 1.807) is 0 Å². The second-order valence-electron chi connectivity index (χ2n) is 3.38. The Bertz CT molecular complexity index is 151. The van der Waals surface area contributed by atoms with E-state index in [-0.39, 0.29) is 18.1 Å². The summed E-state index contributed by atoms with van der Waals surface area (Å²) in [5, 5.41) is 12.3. The van der Waals surface area contributed by atoms with Crippen LogP contribution in [-0.2, 0) is 4.79 Å². The van der Waals surface area contributed by atoms with Crippen LogP contribution in [0.2, 0.25) is 0 Å². The highest BCUT2D eigenvalue weighted by molar-refractivity contribution is 5.74. The lowest BCUT2D eigenvalue weighted by Gasteiger charge is -2.13. The smallest absolute Gasteiger partial charge is 0.218 e. The van der Waals surface area contributed by atoms with Crippen LogP contribution in [0.3, 0.4) is 0 Å². The van der Waals surface area contributed by atoms with Gasteiger partial charge < -0.3 is 16.2 Å². The molecule has 4 N–H and O–H groups in total. The van der Waals surface area contributed by atoms with Gasteiger partial charge in [-0.05, 0) is 26.3 Å². The monoisotopic (exact) mass is 188 g/mol. The highest BCUT2D eigenvalue weighted by Gasteiger charge is 2.05. The molecule has 2 unspecified atom stereocenters. The van der Waals surface area contributed by atoms with Crippen LogP contribution in [-0.4, -0.2) is 29.7 Å². The molecule has 0 radical (unpaired) electrons. The summed E-state index contributed by atoms with van der Waals surface area (Å²) >= 11 is 0. The molecule has 0 saturated heterocycles. The van der Waals surface area contributed by atoms with Gasteiger partial charge in [-0.3, -0.25) is 4.79 Å². The molecule has 0 aliphatic carbocycles. The van der Waals surface area contributed by atoms with Crippen molar-refractivity contribution in [2.45, 2.75) is 45.3 Å². The molecule has 0 aromatic heterocycles. The lowest BCUT2D eigenvalue weighted by atomic mass is 10.2. The number of rotatable bonds is 7. The van der Waals surface area contributed by atoms with Crippen molar-refractivity contribution >= 4 is 5.91 Å². The quantitative estimate of drug-likeness (QED) is 0.526. The van der Waals surface area contributed by atoms with Crippen LogP contribution in [0.25, 0.3) is 0 Å². The van der Waals surface area contributed by atoms with E-state index >= 15 is 0 Å². The Morgan fingerprint density at radius 3 is 2.69 bits per heavy atom. The predicted octanol–water partition coefficient (Wildman–Crippen LogP) is 0.000900. The minimum Gasteiger partial charge on any atom is -0.393 e. The van der Waals surface area contributed by atoms with E-state index in [2.05, 4.69) is 5.32 Å². The topological polar surface area (TPSA) is 75.3 Å². The molecule has 0 aliphatic rings. The van der Waals surface area contributed by atoms with Gasteiger partial charge in [-0.2, -0.15) is 0 Å². The maximum atomic E-state index is 10.5. The fourth-order valence-electron chi connectivity index (χ4n) is 1.07. The van der Waals surface area contributed by atoms with Gasteiger partial charge >= 0.3 is 0 Å². The average Bonchev–Trinajstić information content (AvgIpc) is 2.02. The molecule has 78 valence electrons. The van der Waals surface area contributed by atoms with Crippen LogP contribution in [0.5, 0.6) is 0 Å². The maximum Gasteiger partial charge on any atom is 0.218 e. The third kappa shape index (κ3) is 7.74. The van der Waals surface area contributed by atoms with Gasteiger partial charge in [0.15, 0.2) is 0 Å². The van der Waals surface area contributed by atoms with Crippen molar-refractivity contribution in [1.29, 1.82) is 0 Å². The number of carbonyl (C=O) groups excluding carboxylic acids is 1. The summed E-state index contributed by atoms with van der Waals surface area (Å²) in [6.07, 6.45) is 1.60. The van der Waals surface area contributed by atoms with Crippen molar-refractivity contribution in [3.8, 4) is 0 Å². The average molecular weight is 188 g/mol. The summed E-state index contributed by atoms with van der Waals surface area (Å²) in [4.78, 5) is 10.5. The fourth-order valence-corrected chi connectivity index (χ4v) is 1.07. The van der Waals surface area contributed by atoms with Gasteiger partial charge in [0.25, 0.3) is 0 Å². The van der Waals surface area contributed by atoms with E-state index in [1.807, 2.05) is 13.8 Å².